The summed E-state index contributed by atoms with van der Waals surface area (Å²) >= 11 is 0. The molecule has 0 spiro atoms. The average Bonchev–Trinajstić information content (AvgIpc) is 2.58. The van der Waals surface area contributed by atoms with Gasteiger partial charge in [0.05, 0.1) is 6.20 Å². The van der Waals surface area contributed by atoms with Crippen LogP contribution in [0.25, 0.3) is 0 Å². The first kappa shape index (κ1) is 14.8. The molecule has 7 heteroatoms. The van der Waals surface area contributed by atoms with Crippen molar-refractivity contribution < 1.29 is 8.78 Å². The number of anilines is 4. The Balaban J connectivity index is 1.83. The number of rotatable bonds is 4. The summed E-state index contributed by atoms with van der Waals surface area (Å²) in [5.41, 5.74) is 1.27. The summed E-state index contributed by atoms with van der Waals surface area (Å²) in [5, 5.41) is 10.5. The van der Waals surface area contributed by atoms with Gasteiger partial charge >= 0.3 is 0 Å². The van der Waals surface area contributed by atoms with E-state index in [9.17, 15) is 8.78 Å². The smallest absolute Gasteiger partial charge is 0.249 e. The zero-order chi connectivity index (χ0) is 16.2. The van der Waals surface area contributed by atoms with Crippen LogP contribution >= 0.6 is 0 Å². The Morgan fingerprint density at radius 3 is 2.52 bits per heavy atom. The molecule has 0 saturated heterocycles. The molecule has 5 nitrogen and oxygen atoms in total. The van der Waals surface area contributed by atoms with Gasteiger partial charge in [0, 0.05) is 24.5 Å². The molecule has 3 aromatic rings. The van der Waals surface area contributed by atoms with E-state index in [1.165, 1.54) is 12.3 Å². The van der Waals surface area contributed by atoms with E-state index in [0.717, 1.165) is 17.8 Å². The Hall–Kier alpha value is -3.09. The van der Waals surface area contributed by atoms with Gasteiger partial charge in [-0.1, -0.05) is 18.2 Å². The van der Waals surface area contributed by atoms with Gasteiger partial charge in [-0.15, -0.1) is 5.10 Å². The van der Waals surface area contributed by atoms with Crippen LogP contribution in [0.5, 0.6) is 0 Å². The average molecular weight is 313 g/mol. The zero-order valence-electron chi connectivity index (χ0n) is 12.2. The van der Waals surface area contributed by atoms with Crippen LogP contribution < -0.4 is 10.2 Å². The van der Waals surface area contributed by atoms with Gasteiger partial charge in [-0.25, -0.2) is 8.78 Å². The third-order valence-electron chi connectivity index (χ3n) is 3.21. The van der Waals surface area contributed by atoms with Crippen molar-refractivity contribution in [1.82, 2.24) is 15.2 Å². The third-order valence-corrected chi connectivity index (χ3v) is 3.21. The Morgan fingerprint density at radius 2 is 1.78 bits per heavy atom. The van der Waals surface area contributed by atoms with E-state index in [1.54, 1.807) is 0 Å². The molecule has 0 aliphatic rings. The van der Waals surface area contributed by atoms with Gasteiger partial charge < -0.3 is 10.2 Å². The van der Waals surface area contributed by atoms with E-state index in [-0.39, 0.29) is 5.95 Å². The monoisotopic (exact) mass is 313 g/mol. The van der Waals surface area contributed by atoms with Crippen LogP contribution in [0.2, 0.25) is 0 Å². The summed E-state index contributed by atoms with van der Waals surface area (Å²) in [6.45, 7) is 0. The van der Waals surface area contributed by atoms with Crippen molar-refractivity contribution in [3.05, 3.63) is 66.4 Å². The van der Waals surface area contributed by atoms with Crippen LogP contribution in [-0.2, 0) is 0 Å². The summed E-state index contributed by atoms with van der Waals surface area (Å²) in [5.74, 6) is -1.10. The summed E-state index contributed by atoms with van der Waals surface area (Å²) in [7, 11) is 1.85. The lowest BCUT2D eigenvalue weighted by Gasteiger charge is -2.18. The molecule has 1 N–H and O–H groups in total. The zero-order valence-corrected chi connectivity index (χ0v) is 12.2. The van der Waals surface area contributed by atoms with Crippen molar-refractivity contribution in [2.24, 2.45) is 0 Å². The molecule has 0 atom stereocenters. The quantitative estimate of drug-likeness (QED) is 0.796. The largest absolute Gasteiger partial charge is 0.328 e. The van der Waals surface area contributed by atoms with Gasteiger partial charge in [-0.05, 0) is 24.3 Å². The highest BCUT2D eigenvalue weighted by Crippen LogP contribution is 2.22. The summed E-state index contributed by atoms with van der Waals surface area (Å²) in [6.07, 6.45) is 1.52. The summed E-state index contributed by atoms with van der Waals surface area (Å²) in [4.78, 5) is 6.16. The van der Waals surface area contributed by atoms with Crippen LogP contribution in [0.3, 0.4) is 0 Å². The van der Waals surface area contributed by atoms with Crippen molar-refractivity contribution in [2.75, 3.05) is 17.3 Å². The second-order valence-corrected chi connectivity index (χ2v) is 4.79. The van der Waals surface area contributed by atoms with Gasteiger partial charge in [-0.3, -0.25) is 0 Å². The van der Waals surface area contributed by atoms with Gasteiger partial charge in [0.25, 0.3) is 0 Å². The van der Waals surface area contributed by atoms with Crippen LogP contribution in [0.15, 0.2) is 54.7 Å². The van der Waals surface area contributed by atoms with E-state index in [2.05, 4.69) is 20.5 Å². The van der Waals surface area contributed by atoms with Crippen molar-refractivity contribution in [1.29, 1.82) is 0 Å². The normalized spacial score (nSPS) is 10.4. The number of benzene rings is 2. The standard InChI is InChI=1S/C16H13F2N5/c1-23(12-5-3-2-4-6-12)15-10-19-22-16(21-15)20-11-7-8-13(17)14(18)9-11/h2-10H,1H3,(H,20,21,22). The highest BCUT2D eigenvalue weighted by atomic mass is 19.2. The maximum atomic E-state index is 13.2. The number of para-hydroxylation sites is 1. The topological polar surface area (TPSA) is 53.9 Å². The molecule has 0 saturated carbocycles. The number of hydrogen-bond donors (Lipinski definition) is 1. The Labute approximate surface area is 131 Å². The van der Waals surface area contributed by atoms with E-state index >= 15 is 0 Å². The van der Waals surface area contributed by atoms with Crippen molar-refractivity contribution in [3.8, 4) is 0 Å². The molecular weight excluding hydrogens is 300 g/mol. The molecule has 0 aliphatic carbocycles. The molecule has 1 heterocycles. The van der Waals surface area contributed by atoms with E-state index in [4.69, 9.17) is 0 Å². The molecule has 0 amide bonds. The van der Waals surface area contributed by atoms with Gasteiger partial charge in [0.1, 0.15) is 0 Å². The Kier molecular flexibility index (Phi) is 4.09. The van der Waals surface area contributed by atoms with E-state index in [0.29, 0.717) is 11.5 Å². The Bertz CT molecular complexity index is 811. The second-order valence-electron chi connectivity index (χ2n) is 4.79. The van der Waals surface area contributed by atoms with Crippen LogP contribution in [0, 0.1) is 11.6 Å². The van der Waals surface area contributed by atoms with Crippen LogP contribution in [0.1, 0.15) is 0 Å². The molecule has 116 valence electrons. The molecule has 3 rings (SSSR count). The highest BCUT2D eigenvalue weighted by molar-refractivity contribution is 5.60. The molecule has 2 aromatic carbocycles. The van der Waals surface area contributed by atoms with E-state index < -0.39 is 11.6 Å². The number of halogens is 2. The number of aromatic nitrogens is 3. The molecule has 0 unspecified atom stereocenters. The molecule has 23 heavy (non-hydrogen) atoms. The predicted molar refractivity (Wildman–Crippen MR) is 84.0 cm³/mol. The van der Waals surface area contributed by atoms with Crippen LogP contribution in [0.4, 0.5) is 31.9 Å². The van der Waals surface area contributed by atoms with Crippen LogP contribution in [-0.4, -0.2) is 22.2 Å². The number of nitrogens with one attached hydrogen (secondary N) is 1. The van der Waals surface area contributed by atoms with E-state index in [1.807, 2.05) is 42.3 Å². The first-order valence-corrected chi connectivity index (χ1v) is 6.84. The highest BCUT2D eigenvalue weighted by Gasteiger charge is 2.09. The molecule has 0 aliphatic heterocycles. The van der Waals surface area contributed by atoms with Gasteiger partial charge in [-0.2, -0.15) is 10.1 Å². The minimum absolute atomic E-state index is 0.191. The van der Waals surface area contributed by atoms with Gasteiger partial charge in [0.2, 0.25) is 5.95 Å². The van der Waals surface area contributed by atoms with Crippen molar-refractivity contribution in [2.45, 2.75) is 0 Å². The molecule has 0 bridgehead atoms. The fourth-order valence-electron chi connectivity index (χ4n) is 2.00. The molecule has 0 radical (unpaired) electrons. The van der Waals surface area contributed by atoms with Gasteiger partial charge in [0.15, 0.2) is 17.5 Å². The summed E-state index contributed by atoms with van der Waals surface area (Å²) < 4.78 is 26.2. The second kappa shape index (κ2) is 6.35. The maximum Gasteiger partial charge on any atom is 0.249 e. The lowest BCUT2D eigenvalue weighted by Crippen LogP contribution is -2.13. The minimum Gasteiger partial charge on any atom is -0.328 e. The lowest BCUT2D eigenvalue weighted by molar-refractivity contribution is 0.509. The summed E-state index contributed by atoms with van der Waals surface area (Å²) in [6, 6.07) is 13.1. The Morgan fingerprint density at radius 1 is 1.00 bits per heavy atom. The minimum atomic E-state index is -0.944. The van der Waals surface area contributed by atoms with Crippen molar-refractivity contribution >= 4 is 23.1 Å². The fourth-order valence-corrected chi connectivity index (χ4v) is 2.00. The first-order chi connectivity index (χ1) is 11.1. The molecule has 1 aromatic heterocycles. The fraction of sp³-hybridized carbons (Fsp3) is 0.0625. The third kappa shape index (κ3) is 3.39. The first-order valence-electron chi connectivity index (χ1n) is 6.84. The SMILES string of the molecule is CN(c1ccccc1)c1cnnc(Nc2ccc(F)c(F)c2)n1. The maximum absolute atomic E-state index is 13.2. The number of hydrogen-bond acceptors (Lipinski definition) is 5. The molecular formula is C16H13F2N5. The van der Waals surface area contributed by atoms with Crippen molar-refractivity contribution in [3.63, 3.8) is 0 Å². The molecule has 0 fully saturated rings. The number of nitrogens with zero attached hydrogens (tertiary/aromatic N) is 4. The predicted octanol–water partition coefficient (Wildman–Crippen LogP) is 3.66. The lowest BCUT2D eigenvalue weighted by atomic mass is 10.3.